The van der Waals surface area contributed by atoms with Crippen molar-refractivity contribution in [3.05, 3.63) is 84.2 Å². The summed E-state index contributed by atoms with van der Waals surface area (Å²) in [6.45, 7) is 4.06. The van der Waals surface area contributed by atoms with Crippen molar-refractivity contribution in [2.75, 3.05) is 33.0 Å². The van der Waals surface area contributed by atoms with E-state index in [1.165, 1.54) is 5.56 Å². The number of amides is 1. The van der Waals surface area contributed by atoms with E-state index in [1.54, 1.807) is 4.68 Å². The van der Waals surface area contributed by atoms with Crippen LogP contribution in [-0.4, -0.2) is 63.0 Å². The van der Waals surface area contributed by atoms with E-state index >= 15 is 0 Å². The van der Waals surface area contributed by atoms with Gasteiger partial charge in [-0.25, -0.2) is 4.68 Å². The van der Waals surface area contributed by atoms with Crippen molar-refractivity contribution < 1.29 is 14.3 Å². The third-order valence-electron chi connectivity index (χ3n) is 6.64. The highest BCUT2D eigenvalue weighted by Gasteiger charge is 2.27. The molecule has 6 rings (SSSR count). The lowest BCUT2D eigenvalue weighted by Crippen LogP contribution is -2.48. The Kier molecular flexibility index (Phi) is 5.50. The van der Waals surface area contributed by atoms with Gasteiger partial charge in [-0.2, -0.15) is 5.10 Å². The summed E-state index contributed by atoms with van der Waals surface area (Å²) in [5, 5.41) is 4.81. The number of carbonyl (C=O) groups is 1. The van der Waals surface area contributed by atoms with E-state index in [0.29, 0.717) is 18.8 Å². The van der Waals surface area contributed by atoms with E-state index in [0.717, 1.165) is 48.2 Å². The summed E-state index contributed by atoms with van der Waals surface area (Å²) in [7, 11) is 1.98. The fourth-order valence-electron chi connectivity index (χ4n) is 4.72. The topological polar surface area (TPSA) is 64.8 Å². The van der Waals surface area contributed by atoms with Gasteiger partial charge in [0.2, 0.25) is 6.79 Å². The second-order valence-electron chi connectivity index (χ2n) is 8.92. The van der Waals surface area contributed by atoms with Crippen LogP contribution < -0.4 is 9.47 Å². The monoisotopic (exact) mass is 469 g/mol. The van der Waals surface area contributed by atoms with Crippen LogP contribution in [0.15, 0.2) is 72.9 Å². The zero-order valence-electron chi connectivity index (χ0n) is 19.6. The van der Waals surface area contributed by atoms with E-state index in [1.807, 2.05) is 83.4 Å². The van der Waals surface area contributed by atoms with E-state index in [2.05, 4.69) is 11.0 Å². The minimum absolute atomic E-state index is 0.00421. The van der Waals surface area contributed by atoms with Gasteiger partial charge in [-0.05, 0) is 48.0 Å². The highest BCUT2D eigenvalue weighted by Crippen LogP contribution is 2.33. The van der Waals surface area contributed by atoms with Crippen LogP contribution in [0.2, 0.25) is 0 Å². The normalized spacial score (nSPS) is 15.5. The van der Waals surface area contributed by atoms with Gasteiger partial charge in [-0.15, -0.1) is 0 Å². The minimum atomic E-state index is 0.00421. The lowest BCUT2D eigenvalue weighted by molar-refractivity contribution is 0.0619. The smallest absolute Gasteiger partial charge is 0.272 e. The zero-order chi connectivity index (χ0) is 23.8. The average Bonchev–Trinajstić information content (AvgIpc) is 3.64. The molecule has 0 bridgehead atoms. The van der Waals surface area contributed by atoms with Gasteiger partial charge in [-0.3, -0.25) is 9.69 Å². The van der Waals surface area contributed by atoms with E-state index < -0.39 is 0 Å². The summed E-state index contributed by atoms with van der Waals surface area (Å²) < 4.78 is 14.7. The number of fused-ring (bicyclic) bond motifs is 1. The van der Waals surface area contributed by atoms with Crippen LogP contribution in [0.25, 0.3) is 17.1 Å². The maximum Gasteiger partial charge on any atom is 0.272 e. The molecule has 0 atom stereocenters. The number of rotatable bonds is 5. The number of aromatic nitrogens is 3. The fraction of sp³-hybridized carbons (Fsp3) is 0.259. The van der Waals surface area contributed by atoms with Crippen molar-refractivity contribution in [1.82, 2.24) is 24.1 Å². The first-order valence-electron chi connectivity index (χ1n) is 11.8. The number of benzene rings is 2. The first-order chi connectivity index (χ1) is 17.2. The van der Waals surface area contributed by atoms with E-state index in [9.17, 15) is 4.79 Å². The molecule has 2 aliphatic rings. The van der Waals surface area contributed by atoms with Crippen molar-refractivity contribution in [3.8, 4) is 28.6 Å². The first-order valence-corrected chi connectivity index (χ1v) is 11.8. The Morgan fingerprint density at radius 2 is 1.71 bits per heavy atom. The first kappa shape index (κ1) is 21.5. The Morgan fingerprint density at radius 1 is 0.914 bits per heavy atom. The van der Waals surface area contributed by atoms with Crippen LogP contribution in [0.5, 0.6) is 11.5 Å². The molecule has 0 spiro atoms. The van der Waals surface area contributed by atoms with Gasteiger partial charge >= 0.3 is 0 Å². The summed E-state index contributed by atoms with van der Waals surface area (Å²) in [5.41, 5.74) is 4.39. The molecule has 35 heavy (non-hydrogen) atoms. The van der Waals surface area contributed by atoms with Gasteiger partial charge in [0.15, 0.2) is 11.5 Å². The molecule has 4 heterocycles. The molecule has 0 saturated carbocycles. The Morgan fingerprint density at radius 3 is 2.49 bits per heavy atom. The van der Waals surface area contributed by atoms with Crippen LogP contribution in [0, 0.1) is 0 Å². The number of hydrogen-bond acceptors (Lipinski definition) is 5. The number of para-hydroxylation sites is 1. The molecule has 1 amide bonds. The second-order valence-corrected chi connectivity index (χ2v) is 8.92. The molecule has 0 aliphatic carbocycles. The Labute approximate surface area is 203 Å². The SMILES string of the molecule is Cn1cccc1-c1cc(C(=O)N2CCN(Cc3ccc4c(c3)OCO4)CC2)n(-c2ccccc2)n1. The predicted octanol–water partition coefficient (Wildman–Crippen LogP) is 3.56. The third-order valence-corrected chi connectivity index (χ3v) is 6.64. The number of aryl methyl sites for hydroxylation is 1. The summed E-state index contributed by atoms with van der Waals surface area (Å²) in [5.74, 6) is 1.61. The molecular formula is C27H27N5O3. The average molecular weight is 470 g/mol. The lowest BCUT2D eigenvalue weighted by Gasteiger charge is -2.34. The van der Waals surface area contributed by atoms with Crippen molar-refractivity contribution in [1.29, 1.82) is 0 Å². The van der Waals surface area contributed by atoms with E-state index in [4.69, 9.17) is 14.6 Å². The highest BCUT2D eigenvalue weighted by molar-refractivity contribution is 5.94. The Bertz CT molecular complexity index is 1350. The maximum absolute atomic E-state index is 13.7. The fourth-order valence-corrected chi connectivity index (χ4v) is 4.72. The summed E-state index contributed by atoms with van der Waals surface area (Å²) in [6, 6.07) is 21.8. The Balaban J connectivity index is 1.19. The molecule has 2 aliphatic heterocycles. The van der Waals surface area contributed by atoms with Crippen LogP contribution in [0.1, 0.15) is 16.1 Å². The zero-order valence-corrected chi connectivity index (χ0v) is 19.6. The van der Waals surface area contributed by atoms with Crippen molar-refractivity contribution in [2.45, 2.75) is 6.54 Å². The molecule has 8 nitrogen and oxygen atoms in total. The Hall–Kier alpha value is -4.04. The highest BCUT2D eigenvalue weighted by atomic mass is 16.7. The van der Waals surface area contributed by atoms with Crippen molar-refractivity contribution >= 4 is 5.91 Å². The lowest BCUT2D eigenvalue weighted by atomic mass is 10.1. The molecule has 0 unspecified atom stereocenters. The third kappa shape index (κ3) is 4.17. The molecule has 1 saturated heterocycles. The number of ether oxygens (including phenoxy) is 2. The van der Waals surface area contributed by atoms with Gasteiger partial charge in [-0.1, -0.05) is 24.3 Å². The molecule has 1 fully saturated rings. The standard InChI is InChI=1S/C27H27N5O3/c1-29-11-5-8-23(29)22-17-24(32(28-22)21-6-3-2-4-7-21)27(33)31-14-12-30(13-15-31)18-20-9-10-25-26(16-20)35-19-34-25/h2-11,16-17H,12-15,18-19H2,1H3. The quantitative estimate of drug-likeness (QED) is 0.447. The van der Waals surface area contributed by atoms with Gasteiger partial charge in [0.25, 0.3) is 5.91 Å². The van der Waals surface area contributed by atoms with Crippen LogP contribution in [0.3, 0.4) is 0 Å². The summed E-state index contributed by atoms with van der Waals surface area (Å²) in [4.78, 5) is 18.0. The molecule has 2 aromatic heterocycles. The van der Waals surface area contributed by atoms with Gasteiger partial charge in [0.1, 0.15) is 11.4 Å². The van der Waals surface area contributed by atoms with Crippen molar-refractivity contribution in [3.63, 3.8) is 0 Å². The predicted molar refractivity (Wildman–Crippen MR) is 132 cm³/mol. The van der Waals surface area contributed by atoms with Gasteiger partial charge < -0.3 is 18.9 Å². The number of nitrogens with zero attached hydrogens (tertiary/aromatic N) is 5. The number of hydrogen-bond donors (Lipinski definition) is 0. The number of piperazine rings is 1. The largest absolute Gasteiger partial charge is 0.454 e. The van der Waals surface area contributed by atoms with Crippen LogP contribution >= 0.6 is 0 Å². The second kappa shape index (κ2) is 8.96. The van der Waals surface area contributed by atoms with E-state index in [-0.39, 0.29) is 12.7 Å². The number of carbonyl (C=O) groups excluding carboxylic acids is 1. The maximum atomic E-state index is 13.7. The van der Waals surface area contributed by atoms with Crippen LogP contribution in [-0.2, 0) is 13.6 Å². The summed E-state index contributed by atoms with van der Waals surface area (Å²) >= 11 is 0. The van der Waals surface area contributed by atoms with Crippen molar-refractivity contribution in [2.24, 2.45) is 7.05 Å². The molecule has 0 radical (unpaired) electrons. The van der Waals surface area contributed by atoms with Gasteiger partial charge in [0.05, 0.1) is 11.4 Å². The molecule has 0 N–H and O–H groups in total. The summed E-state index contributed by atoms with van der Waals surface area (Å²) in [6.07, 6.45) is 1.98. The molecule has 4 aromatic rings. The molecule has 2 aromatic carbocycles. The molecule has 8 heteroatoms. The van der Waals surface area contributed by atoms with Gasteiger partial charge in [0, 0.05) is 46.0 Å². The minimum Gasteiger partial charge on any atom is -0.454 e. The van der Waals surface area contributed by atoms with Crippen LogP contribution in [0.4, 0.5) is 0 Å². The molecule has 178 valence electrons. The molecular weight excluding hydrogens is 442 g/mol.